The quantitative estimate of drug-likeness (QED) is 0.626. The van der Waals surface area contributed by atoms with Crippen molar-refractivity contribution in [2.24, 2.45) is 11.8 Å². The van der Waals surface area contributed by atoms with Gasteiger partial charge in [0.15, 0.2) is 0 Å². The van der Waals surface area contributed by atoms with Crippen LogP contribution in [-0.4, -0.2) is 11.7 Å². The number of rotatable bonds is 6. The van der Waals surface area contributed by atoms with Crippen LogP contribution in [-0.2, 0) is 0 Å². The van der Waals surface area contributed by atoms with E-state index < -0.39 is 0 Å². The largest absolute Gasteiger partial charge is 0.396 e. The van der Waals surface area contributed by atoms with Crippen molar-refractivity contribution in [3.8, 4) is 0 Å². The van der Waals surface area contributed by atoms with Gasteiger partial charge in [0.05, 0.1) is 0 Å². The lowest BCUT2D eigenvalue weighted by Gasteiger charge is -1.96. The molecule has 1 aliphatic carbocycles. The Bertz CT molecular complexity index is 89.0. The molecule has 11 heavy (non-hydrogen) atoms. The summed E-state index contributed by atoms with van der Waals surface area (Å²) < 4.78 is 0. The first-order valence-electron chi connectivity index (χ1n) is 4.99. The molecule has 0 spiro atoms. The standard InChI is InChI=1S/C10H20O/c1-2-3-5-9-8-10(9)6-4-7-11/h9-11H,2-8H2,1H3/t9?,10-/m1/s1. The highest BCUT2D eigenvalue weighted by molar-refractivity contribution is 4.85. The Balaban J connectivity index is 1.89. The van der Waals surface area contributed by atoms with Crippen LogP contribution in [0.2, 0.25) is 0 Å². The highest BCUT2D eigenvalue weighted by Gasteiger charge is 2.34. The number of hydrogen-bond acceptors (Lipinski definition) is 1. The Labute approximate surface area is 69.8 Å². The van der Waals surface area contributed by atoms with Gasteiger partial charge in [0.2, 0.25) is 0 Å². The van der Waals surface area contributed by atoms with Gasteiger partial charge in [-0.3, -0.25) is 0 Å². The molecular formula is C10H20O. The summed E-state index contributed by atoms with van der Waals surface area (Å²) in [5.74, 6) is 2.01. The monoisotopic (exact) mass is 156 g/mol. The van der Waals surface area contributed by atoms with Crippen LogP contribution in [0.1, 0.15) is 45.4 Å². The van der Waals surface area contributed by atoms with Crippen molar-refractivity contribution in [1.82, 2.24) is 0 Å². The fourth-order valence-corrected chi connectivity index (χ4v) is 1.84. The van der Waals surface area contributed by atoms with Crippen LogP contribution < -0.4 is 0 Å². The molecule has 0 aliphatic heterocycles. The topological polar surface area (TPSA) is 20.2 Å². The molecule has 66 valence electrons. The maximum Gasteiger partial charge on any atom is 0.0431 e. The van der Waals surface area contributed by atoms with E-state index in [9.17, 15) is 0 Å². The second-order valence-electron chi connectivity index (χ2n) is 3.76. The fourth-order valence-electron chi connectivity index (χ4n) is 1.84. The second kappa shape index (κ2) is 4.76. The molecule has 2 atom stereocenters. The van der Waals surface area contributed by atoms with E-state index in [0.717, 1.165) is 18.3 Å². The molecule has 1 unspecified atom stereocenters. The van der Waals surface area contributed by atoms with Crippen LogP contribution in [0.3, 0.4) is 0 Å². The van der Waals surface area contributed by atoms with E-state index >= 15 is 0 Å². The van der Waals surface area contributed by atoms with Gasteiger partial charge in [-0.2, -0.15) is 0 Å². The van der Waals surface area contributed by atoms with Crippen molar-refractivity contribution in [1.29, 1.82) is 0 Å². The first-order valence-corrected chi connectivity index (χ1v) is 4.99. The molecule has 0 aromatic heterocycles. The molecule has 1 saturated carbocycles. The average molecular weight is 156 g/mol. The molecule has 0 aromatic rings. The maximum atomic E-state index is 8.61. The van der Waals surface area contributed by atoms with Crippen LogP contribution in [0.15, 0.2) is 0 Å². The van der Waals surface area contributed by atoms with Gasteiger partial charge in [-0.05, 0) is 31.1 Å². The Morgan fingerprint density at radius 2 is 1.82 bits per heavy atom. The molecule has 1 heteroatoms. The van der Waals surface area contributed by atoms with Crippen molar-refractivity contribution in [2.75, 3.05) is 6.61 Å². The Hall–Kier alpha value is -0.0400. The summed E-state index contributed by atoms with van der Waals surface area (Å²) >= 11 is 0. The molecule has 0 heterocycles. The van der Waals surface area contributed by atoms with E-state index in [1.807, 2.05) is 0 Å². The van der Waals surface area contributed by atoms with Crippen LogP contribution in [0, 0.1) is 11.8 Å². The van der Waals surface area contributed by atoms with Gasteiger partial charge in [0, 0.05) is 6.61 Å². The van der Waals surface area contributed by atoms with E-state index in [2.05, 4.69) is 6.92 Å². The van der Waals surface area contributed by atoms with Crippen molar-refractivity contribution in [2.45, 2.75) is 45.4 Å². The Morgan fingerprint density at radius 1 is 1.18 bits per heavy atom. The van der Waals surface area contributed by atoms with Gasteiger partial charge in [0.25, 0.3) is 0 Å². The molecule has 1 rings (SSSR count). The van der Waals surface area contributed by atoms with E-state index in [0.29, 0.717) is 6.61 Å². The van der Waals surface area contributed by atoms with Crippen molar-refractivity contribution < 1.29 is 5.11 Å². The van der Waals surface area contributed by atoms with Crippen molar-refractivity contribution in [3.05, 3.63) is 0 Å². The van der Waals surface area contributed by atoms with E-state index in [4.69, 9.17) is 5.11 Å². The molecule has 0 radical (unpaired) electrons. The summed E-state index contributed by atoms with van der Waals surface area (Å²) in [6.07, 6.45) is 7.91. The Kier molecular flexibility index (Phi) is 3.92. The molecule has 1 aliphatic rings. The third-order valence-corrected chi connectivity index (χ3v) is 2.73. The van der Waals surface area contributed by atoms with Crippen molar-refractivity contribution >= 4 is 0 Å². The van der Waals surface area contributed by atoms with Gasteiger partial charge >= 0.3 is 0 Å². The van der Waals surface area contributed by atoms with Crippen LogP contribution in [0.5, 0.6) is 0 Å². The summed E-state index contributed by atoms with van der Waals surface area (Å²) in [7, 11) is 0. The summed E-state index contributed by atoms with van der Waals surface area (Å²) in [4.78, 5) is 0. The average Bonchev–Trinajstić information content (AvgIpc) is 2.76. The predicted molar refractivity (Wildman–Crippen MR) is 47.4 cm³/mol. The second-order valence-corrected chi connectivity index (χ2v) is 3.76. The lowest BCUT2D eigenvalue weighted by molar-refractivity contribution is 0.280. The van der Waals surface area contributed by atoms with Crippen molar-refractivity contribution in [3.63, 3.8) is 0 Å². The minimum absolute atomic E-state index is 0.386. The maximum absolute atomic E-state index is 8.61. The van der Waals surface area contributed by atoms with Gasteiger partial charge < -0.3 is 5.11 Å². The zero-order valence-corrected chi connectivity index (χ0v) is 7.55. The first-order chi connectivity index (χ1) is 5.38. The highest BCUT2D eigenvalue weighted by Crippen LogP contribution is 2.45. The normalized spacial score (nSPS) is 28.9. The Morgan fingerprint density at radius 3 is 2.36 bits per heavy atom. The zero-order valence-electron chi connectivity index (χ0n) is 7.55. The van der Waals surface area contributed by atoms with Gasteiger partial charge in [0.1, 0.15) is 0 Å². The summed E-state index contributed by atoms with van der Waals surface area (Å²) in [5.41, 5.74) is 0. The predicted octanol–water partition coefficient (Wildman–Crippen LogP) is 2.59. The number of aliphatic hydroxyl groups is 1. The summed E-state index contributed by atoms with van der Waals surface area (Å²) in [5, 5.41) is 8.61. The lowest BCUT2D eigenvalue weighted by atomic mass is 10.1. The van der Waals surface area contributed by atoms with E-state index in [1.54, 1.807) is 0 Å². The van der Waals surface area contributed by atoms with Gasteiger partial charge in [-0.1, -0.05) is 26.2 Å². The van der Waals surface area contributed by atoms with Crippen LogP contribution in [0.25, 0.3) is 0 Å². The molecule has 1 N–H and O–H groups in total. The molecule has 0 amide bonds. The van der Waals surface area contributed by atoms with Gasteiger partial charge in [-0.15, -0.1) is 0 Å². The zero-order chi connectivity index (χ0) is 8.10. The smallest absolute Gasteiger partial charge is 0.0431 e. The van der Waals surface area contributed by atoms with Crippen LogP contribution in [0.4, 0.5) is 0 Å². The molecule has 1 fully saturated rings. The minimum Gasteiger partial charge on any atom is -0.396 e. The van der Waals surface area contributed by atoms with E-state index in [1.165, 1.54) is 32.1 Å². The third-order valence-electron chi connectivity index (χ3n) is 2.73. The lowest BCUT2D eigenvalue weighted by Crippen LogP contribution is -1.87. The van der Waals surface area contributed by atoms with E-state index in [-0.39, 0.29) is 0 Å². The number of unbranched alkanes of at least 4 members (excludes halogenated alkanes) is 1. The fraction of sp³-hybridized carbons (Fsp3) is 1.00. The molecule has 0 aromatic carbocycles. The molecule has 1 nitrogen and oxygen atoms in total. The summed E-state index contributed by atoms with van der Waals surface area (Å²) in [6.45, 7) is 2.64. The number of aliphatic hydroxyl groups excluding tert-OH is 1. The molecule has 0 saturated heterocycles. The molecule has 0 bridgehead atoms. The minimum atomic E-state index is 0.386. The van der Waals surface area contributed by atoms with Gasteiger partial charge in [-0.25, -0.2) is 0 Å². The first kappa shape index (κ1) is 9.05. The van der Waals surface area contributed by atoms with Crippen LogP contribution >= 0.6 is 0 Å². The SMILES string of the molecule is CCCCC1C[C@H]1CCCO. The third kappa shape index (κ3) is 3.24. The molecular weight excluding hydrogens is 136 g/mol. The summed E-state index contributed by atoms with van der Waals surface area (Å²) in [6, 6.07) is 0. The number of hydrogen-bond donors (Lipinski definition) is 1. The highest BCUT2D eigenvalue weighted by atomic mass is 16.2.